The lowest BCUT2D eigenvalue weighted by Crippen LogP contribution is -2.35. The summed E-state index contributed by atoms with van der Waals surface area (Å²) in [6, 6.07) is 13.2. The first-order chi connectivity index (χ1) is 12.6. The number of halogens is 2. The van der Waals surface area contributed by atoms with E-state index in [1.165, 1.54) is 5.56 Å². The second-order valence-corrected chi connectivity index (χ2v) is 6.44. The Morgan fingerprint density at radius 1 is 1.08 bits per heavy atom. The van der Waals surface area contributed by atoms with Gasteiger partial charge in [-0.05, 0) is 17.7 Å². The smallest absolute Gasteiger partial charge is 0.255 e. The maximum absolute atomic E-state index is 13.4. The Balaban J connectivity index is 1.62. The molecule has 6 heteroatoms. The molecule has 132 valence electrons. The van der Waals surface area contributed by atoms with Crippen molar-refractivity contribution in [1.29, 1.82) is 0 Å². The molecule has 0 amide bonds. The van der Waals surface area contributed by atoms with Crippen molar-refractivity contribution in [2.45, 2.75) is 19.5 Å². The molecule has 4 rings (SSSR count). The van der Waals surface area contributed by atoms with Crippen LogP contribution < -0.4 is 5.56 Å². The number of hydrogen-bond acceptors (Lipinski definition) is 3. The highest BCUT2D eigenvalue weighted by Crippen LogP contribution is 2.21. The second-order valence-electron chi connectivity index (χ2n) is 6.44. The van der Waals surface area contributed by atoms with Gasteiger partial charge < -0.3 is 4.98 Å². The van der Waals surface area contributed by atoms with Gasteiger partial charge in [-0.2, -0.15) is 0 Å². The van der Waals surface area contributed by atoms with E-state index in [0.29, 0.717) is 24.2 Å². The minimum atomic E-state index is -0.700. The fourth-order valence-corrected chi connectivity index (χ4v) is 3.28. The fourth-order valence-electron chi connectivity index (χ4n) is 3.28. The van der Waals surface area contributed by atoms with Gasteiger partial charge in [0.2, 0.25) is 0 Å². The fraction of sp³-hybridized carbons (Fsp3) is 0.200. The van der Waals surface area contributed by atoms with Crippen LogP contribution in [0.15, 0.2) is 53.3 Å². The van der Waals surface area contributed by atoms with E-state index >= 15 is 0 Å². The van der Waals surface area contributed by atoms with Crippen molar-refractivity contribution in [3.05, 3.63) is 87.3 Å². The molecule has 2 heterocycles. The molecule has 0 aliphatic carbocycles. The number of rotatable bonds is 3. The van der Waals surface area contributed by atoms with E-state index in [2.05, 4.69) is 27.0 Å². The van der Waals surface area contributed by atoms with Gasteiger partial charge in [-0.3, -0.25) is 9.69 Å². The summed E-state index contributed by atoms with van der Waals surface area (Å²) in [5.41, 5.74) is 2.47. The van der Waals surface area contributed by atoms with E-state index in [1.54, 1.807) is 0 Å². The highest BCUT2D eigenvalue weighted by atomic mass is 19.1. The maximum atomic E-state index is 13.4. The summed E-state index contributed by atoms with van der Waals surface area (Å²) in [4.78, 5) is 21.8. The first-order valence-electron chi connectivity index (χ1n) is 8.43. The Hall–Kier alpha value is -2.86. The molecule has 4 nitrogen and oxygen atoms in total. The van der Waals surface area contributed by atoms with Crippen molar-refractivity contribution in [1.82, 2.24) is 14.9 Å². The van der Waals surface area contributed by atoms with Gasteiger partial charge in [0, 0.05) is 37.7 Å². The molecule has 1 aliphatic heterocycles. The lowest BCUT2D eigenvalue weighted by molar-refractivity contribution is 0.242. The number of aromatic amines is 1. The largest absolute Gasteiger partial charge is 0.306 e. The molecule has 1 N–H and O–H groups in total. The summed E-state index contributed by atoms with van der Waals surface area (Å²) in [7, 11) is 0. The number of hydrogen-bond donors (Lipinski definition) is 1. The number of nitrogens with one attached hydrogen (secondary N) is 1. The molecule has 0 fully saturated rings. The monoisotopic (exact) mass is 353 g/mol. The molecule has 0 spiro atoms. The zero-order valence-corrected chi connectivity index (χ0v) is 14.0. The van der Waals surface area contributed by atoms with Gasteiger partial charge in [0.1, 0.15) is 17.5 Å². The zero-order chi connectivity index (χ0) is 18.1. The van der Waals surface area contributed by atoms with E-state index in [4.69, 9.17) is 0 Å². The third kappa shape index (κ3) is 3.41. The van der Waals surface area contributed by atoms with Crippen LogP contribution in [0.2, 0.25) is 0 Å². The number of nitrogens with zero attached hydrogens (tertiary/aromatic N) is 2. The number of aromatic nitrogens is 2. The van der Waals surface area contributed by atoms with Gasteiger partial charge in [0.25, 0.3) is 5.56 Å². The molecule has 0 bridgehead atoms. The number of H-pyrrole nitrogens is 1. The minimum Gasteiger partial charge on any atom is -0.306 e. The average molecular weight is 353 g/mol. The molecule has 0 unspecified atom stereocenters. The molecule has 0 saturated carbocycles. The Morgan fingerprint density at radius 2 is 1.81 bits per heavy atom. The Kier molecular flexibility index (Phi) is 4.34. The topological polar surface area (TPSA) is 49.0 Å². The quantitative estimate of drug-likeness (QED) is 0.786. The molecule has 26 heavy (non-hydrogen) atoms. The average Bonchev–Trinajstić information content (AvgIpc) is 2.62. The van der Waals surface area contributed by atoms with Crippen LogP contribution in [-0.2, 0) is 19.5 Å². The van der Waals surface area contributed by atoms with Crippen LogP contribution in [-0.4, -0.2) is 21.4 Å². The molecular weight excluding hydrogens is 336 g/mol. The standard InChI is InChI=1S/C20H17F2N3O/c21-15-8-14(9-16(22)10-15)19-23-18-6-7-25(12-17(18)20(26)24-19)11-13-4-2-1-3-5-13/h1-5,8-10H,6-7,11-12H2,(H,23,24,26). The van der Waals surface area contributed by atoms with Crippen molar-refractivity contribution in [3.8, 4) is 11.4 Å². The number of benzene rings is 2. The summed E-state index contributed by atoms with van der Waals surface area (Å²) < 4.78 is 26.9. The van der Waals surface area contributed by atoms with E-state index in [0.717, 1.165) is 31.3 Å². The molecule has 3 aromatic rings. The maximum Gasteiger partial charge on any atom is 0.255 e. The van der Waals surface area contributed by atoms with Gasteiger partial charge >= 0.3 is 0 Å². The Labute approximate surface area is 149 Å². The van der Waals surface area contributed by atoms with Crippen LogP contribution in [0.4, 0.5) is 8.78 Å². The predicted molar refractivity (Wildman–Crippen MR) is 94.5 cm³/mol. The minimum absolute atomic E-state index is 0.198. The highest BCUT2D eigenvalue weighted by Gasteiger charge is 2.21. The normalized spacial score (nSPS) is 14.2. The van der Waals surface area contributed by atoms with Crippen molar-refractivity contribution >= 4 is 0 Å². The predicted octanol–water partition coefficient (Wildman–Crippen LogP) is 3.27. The van der Waals surface area contributed by atoms with Crippen molar-refractivity contribution in [3.63, 3.8) is 0 Å². The van der Waals surface area contributed by atoms with Gasteiger partial charge in [0.05, 0.1) is 11.3 Å². The van der Waals surface area contributed by atoms with Crippen LogP contribution in [0.1, 0.15) is 16.8 Å². The van der Waals surface area contributed by atoms with E-state index in [9.17, 15) is 13.6 Å². The summed E-state index contributed by atoms with van der Waals surface area (Å²) in [6.07, 6.45) is 0.622. The van der Waals surface area contributed by atoms with Crippen LogP contribution in [0.25, 0.3) is 11.4 Å². The van der Waals surface area contributed by atoms with Crippen molar-refractivity contribution in [2.24, 2.45) is 0 Å². The van der Waals surface area contributed by atoms with E-state index < -0.39 is 11.6 Å². The molecule has 1 aliphatic rings. The summed E-state index contributed by atoms with van der Waals surface area (Å²) >= 11 is 0. The van der Waals surface area contributed by atoms with Gasteiger partial charge in [-0.15, -0.1) is 0 Å². The molecular formula is C20H17F2N3O. The molecule has 2 aromatic carbocycles. The SMILES string of the molecule is O=c1[nH]c(-c2cc(F)cc(F)c2)nc2c1CN(Cc1ccccc1)CC2. The van der Waals surface area contributed by atoms with Crippen molar-refractivity contribution < 1.29 is 8.78 Å². The zero-order valence-electron chi connectivity index (χ0n) is 14.0. The first-order valence-corrected chi connectivity index (χ1v) is 8.43. The van der Waals surface area contributed by atoms with E-state index in [1.807, 2.05) is 18.2 Å². The molecule has 0 atom stereocenters. The van der Waals surface area contributed by atoms with Crippen molar-refractivity contribution in [2.75, 3.05) is 6.54 Å². The van der Waals surface area contributed by atoms with Gasteiger partial charge in [-0.1, -0.05) is 30.3 Å². The molecule has 0 saturated heterocycles. The lowest BCUT2D eigenvalue weighted by atomic mass is 10.1. The third-order valence-electron chi connectivity index (χ3n) is 4.53. The molecule has 0 radical (unpaired) electrons. The van der Waals surface area contributed by atoms with Crippen LogP contribution in [0, 0.1) is 11.6 Å². The summed E-state index contributed by atoms with van der Waals surface area (Å²) in [5, 5.41) is 0. The Bertz CT molecular complexity index is 981. The molecule has 1 aromatic heterocycles. The Morgan fingerprint density at radius 3 is 2.54 bits per heavy atom. The van der Waals surface area contributed by atoms with Crippen LogP contribution >= 0.6 is 0 Å². The number of fused-ring (bicyclic) bond motifs is 1. The van der Waals surface area contributed by atoms with Gasteiger partial charge in [-0.25, -0.2) is 13.8 Å². The first kappa shape index (κ1) is 16.6. The summed E-state index contributed by atoms with van der Waals surface area (Å²) in [6.45, 7) is 2.04. The second kappa shape index (κ2) is 6.80. The van der Waals surface area contributed by atoms with Gasteiger partial charge in [0.15, 0.2) is 0 Å². The lowest BCUT2D eigenvalue weighted by Gasteiger charge is -2.27. The van der Waals surface area contributed by atoms with E-state index in [-0.39, 0.29) is 16.9 Å². The van der Waals surface area contributed by atoms with Crippen LogP contribution in [0.3, 0.4) is 0 Å². The summed E-state index contributed by atoms with van der Waals surface area (Å²) in [5.74, 6) is -1.20. The third-order valence-corrected chi connectivity index (χ3v) is 4.53. The van der Waals surface area contributed by atoms with Crippen LogP contribution in [0.5, 0.6) is 0 Å². The highest BCUT2D eigenvalue weighted by molar-refractivity contribution is 5.55.